The molecule has 8 heteroatoms. The van der Waals surface area contributed by atoms with Crippen molar-refractivity contribution in [2.45, 2.75) is 49.9 Å². The number of rotatable bonds is 4. The normalized spacial score (nSPS) is 24.0. The maximum Gasteiger partial charge on any atom is 0.251 e. The van der Waals surface area contributed by atoms with Crippen molar-refractivity contribution in [3.63, 3.8) is 0 Å². The van der Waals surface area contributed by atoms with Gasteiger partial charge >= 0.3 is 0 Å². The van der Waals surface area contributed by atoms with E-state index in [9.17, 15) is 9.90 Å². The summed E-state index contributed by atoms with van der Waals surface area (Å²) < 4.78 is 38.2. The molecule has 3 atom stereocenters. The lowest BCUT2D eigenvalue weighted by atomic mass is 9.80. The van der Waals surface area contributed by atoms with Crippen LogP contribution in [-0.4, -0.2) is 30.6 Å². The zero-order chi connectivity index (χ0) is 25.9. The van der Waals surface area contributed by atoms with E-state index in [1.165, 1.54) is 13.1 Å². The third-order valence-electron chi connectivity index (χ3n) is 8.04. The Morgan fingerprint density at radius 2 is 1.97 bits per heavy atom. The number of aryl methyl sites for hydroxylation is 1. The number of hydrogen-bond donors (Lipinski definition) is 3. The molecular formula is C29H27ClF2N2O3. The molecule has 0 spiro atoms. The number of aliphatic hydroxyl groups excluding tert-OH is 1. The summed E-state index contributed by atoms with van der Waals surface area (Å²) in [5, 5.41) is 16.3. The van der Waals surface area contributed by atoms with Crippen molar-refractivity contribution in [2.75, 3.05) is 13.6 Å². The first-order valence-electron chi connectivity index (χ1n) is 12.6. The van der Waals surface area contributed by atoms with Crippen LogP contribution in [0.3, 0.4) is 0 Å². The van der Waals surface area contributed by atoms with Crippen molar-refractivity contribution in [1.29, 1.82) is 0 Å². The molecule has 0 unspecified atom stereocenters. The number of carbonyl (C=O) groups is 1. The van der Waals surface area contributed by atoms with Gasteiger partial charge in [0.1, 0.15) is 17.4 Å². The molecule has 2 heterocycles. The third kappa shape index (κ3) is 3.67. The second-order valence-electron chi connectivity index (χ2n) is 10.0. The zero-order valence-electron chi connectivity index (χ0n) is 20.3. The molecule has 0 bridgehead atoms. The average Bonchev–Trinajstić information content (AvgIpc) is 3.65. The van der Waals surface area contributed by atoms with E-state index >= 15 is 8.78 Å². The molecule has 1 amide bonds. The summed E-state index contributed by atoms with van der Waals surface area (Å²) >= 11 is 6.58. The highest BCUT2D eigenvalue weighted by molar-refractivity contribution is 6.34. The van der Waals surface area contributed by atoms with Gasteiger partial charge in [-0.15, -0.1) is 0 Å². The molecule has 2 aliphatic heterocycles. The largest absolute Gasteiger partial charge is 0.480 e. The summed E-state index contributed by atoms with van der Waals surface area (Å²) in [7, 11) is 1.46. The SMILES string of the molecule is CNC(=O)c1cc2c(c(F)c1-c1c(Cl)c(F)cc3c1C[C@](c1ccccc1)([C@@H]1CCCN1)O3)[C@@H](O)CC2. The van der Waals surface area contributed by atoms with E-state index in [0.717, 1.165) is 24.9 Å². The van der Waals surface area contributed by atoms with E-state index < -0.39 is 29.2 Å². The molecule has 1 aliphatic carbocycles. The molecule has 3 aliphatic rings. The van der Waals surface area contributed by atoms with Gasteiger partial charge in [-0.25, -0.2) is 8.78 Å². The smallest absolute Gasteiger partial charge is 0.251 e. The van der Waals surface area contributed by atoms with E-state index in [4.69, 9.17) is 16.3 Å². The number of benzene rings is 3. The number of aliphatic hydroxyl groups is 1. The van der Waals surface area contributed by atoms with Gasteiger partial charge in [-0.1, -0.05) is 41.9 Å². The third-order valence-corrected chi connectivity index (χ3v) is 8.40. The van der Waals surface area contributed by atoms with E-state index in [1.54, 1.807) is 6.07 Å². The first-order chi connectivity index (χ1) is 17.9. The lowest BCUT2D eigenvalue weighted by Gasteiger charge is -2.35. The van der Waals surface area contributed by atoms with Crippen molar-refractivity contribution in [2.24, 2.45) is 0 Å². The fraction of sp³-hybridized carbons (Fsp3) is 0.345. The molecule has 192 valence electrons. The van der Waals surface area contributed by atoms with Crippen LogP contribution in [0.4, 0.5) is 8.78 Å². The second kappa shape index (κ2) is 9.08. The molecule has 6 rings (SSSR count). The Balaban J connectivity index is 1.61. The van der Waals surface area contributed by atoms with E-state index in [-0.39, 0.29) is 39.1 Å². The monoisotopic (exact) mass is 524 g/mol. The summed E-state index contributed by atoms with van der Waals surface area (Å²) in [6, 6.07) is 12.5. The topological polar surface area (TPSA) is 70.6 Å². The molecule has 3 aromatic carbocycles. The van der Waals surface area contributed by atoms with Crippen LogP contribution in [0.25, 0.3) is 11.1 Å². The Morgan fingerprint density at radius 3 is 2.68 bits per heavy atom. The number of nitrogens with one attached hydrogen (secondary N) is 2. The predicted octanol–water partition coefficient (Wildman–Crippen LogP) is 5.21. The predicted molar refractivity (Wildman–Crippen MR) is 137 cm³/mol. The maximum atomic E-state index is 16.3. The van der Waals surface area contributed by atoms with E-state index in [2.05, 4.69) is 10.6 Å². The van der Waals surface area contributed by atoms with Crippen molar-refractivity contribution in [3.8, 4) is 16.9 Å². The van der Waals surface area contributed by atoms with Gasteiger partial charge in [0.25, 0.3) is 5.91 Å². The van der Waals surface area contributed by atoms with Crippen molar-refractivity contribution in [3.05, 3.63) is 86.9 Å². The van der Waals surface area contributed by atoms with Crippen LogP contribution in [0.1, 0.15) is 58.0 Å². The Morgan fingerprint density at radius 1 is 1.19 bits per heavy atom. The number of ether oxygens (including phenoxy) is 1. The van der Waals surface area contributed by atoms with Crippen LogP contribution in [0, 0.1) is 11.6 Å². The van der Waals surface area contributed by atoms with Gasteiger partial charge in [0, 0.05) is 41.8 Å². The van der Waals surface area contributed by atoms with Crippen molar-refractivity contribution >= 4 is 17.5 Å². The maximum absolute atomic E-state index is 16.3. The molecule has 5 nitrogen and oxygen atoms in total. The molecule has 3 N–H and O–H groups in total. The summed E-state index contributed by atoms with van der Waals surface area (Å²) in [4.78, 5) is 13.0. The quantitative estimate of drug-likeness (QED) is 0.438. The van der Waals surface area contributed by atoms with Crippen molar-refractivity contribution < 1.29 is 23.4 Å². The number of fused-ring (bicyclic) bond motifs is 2. The standard InChI is InChI=1S/C29H27ClF2N2O3/c1-33-28(36)17-12-15-9-10-20(35)23(15)27(32)25(17)24-18-14-29(22-8-5-11-34-22,16-6-3-2-4-7-16)37-21(18)13-19(31)26(24)30/h2-4,6-7,12-13,20,22,34-35H,5,8-11,14H2,1H3,(H,33,36)/t20-,22-,29-/m0/s1. The van der Waals surface area contributed by atoms with Crippen LogP contribution < -0.4 is 15.4 Å². The number of halogens is 3. The fourth-order valence-electron chi connectivity index (χ4n) is 6.30. The van der Waals surface area contributed by atoms with Gasteiger partial charge in [-0.05, 0) is 49.4 Å². The van der Waals surface area contributed by atoms with Gasteiger partial charge in [-0.3, -0.25) is 4.79 Å². The lowest BCUT2D eigenvalue weighted by molar-refractivity contribution is 0.0539. The number of carbonyl (C=O) groups excluding carboxylic acids is 1. The average molecular weight is 525 g/mol. The zero-order valence-corrected chi connectivity index (χ0v) is 21.1. The van der Waals surface area contributed by atoms with Crippen LogP contribution in [0.15, 0.2) is 42.5 Å². The molecule has 3 aromatic rings. The van der Waals surface area contributed by atoms with Gasteiger partial charge in [0.2, 0.25) is 0 Å². The highest BCUT2D eigenvalue weighted by Gasteiger charge is 2.50. The first kappa shape index (κ1) is 24.3. The molecule has 37 heavy (non-hydrogen) atoms. The van der Waals surface area contributed by atoms with Crippen LogP contribution >= 0.6 is 11.6 Å². The minimum atomic E-state index is -1.00. The number of amides is 1. The van der Waals surface area contributed by atoms with E-state index in [1.807, 2.05) is 30.3 Å². The van der Waals surface area contributed by atoms with Gasteiger partial charge in [0.05, 0.1) is 22.7 Å². The molecule has 1 fully saturated rings. The minimum absolute atomic E-state index is 0.0536. The first-order valence-corrected chi connectivity index (χ1v) is 13.0. The van der Waals surface area contributed by atoms with Gasteiger partial charge in [-0.2, -0.15) is 0 Å². The van der Waals surface area contributed by atoms with Crippen molar-refractivity contribution in [1.82, 2.24) is 10.6 Å². The Kier molecular flexibility index (Phi) is 5.97. The van der Waals surface area contributed by atoms with E-state index in [0.29, 0.717) is 30.4 Å². The summed E-state index contributed by atoms with van der Waals surface area (Å²) in [5.41, 5.74) is 1.37. The molecule has 0 saturated carbocycles. The summed E-state index contributed by atoms with van der Waals surface area (Å²) in [6.45, 7) is 0.832. The lowest BCUT2D eigenvalue weighted by Crippen LogP contribution is -2.48. The van der Waals surface area contributed by atoms with Crippen LogP contribution in [0.5, 0.6) is 5.75 Å². The van der Waals surface area contributed by atoms with Crippen LogP contribution in [-0.2, 0) is 18.4 Å². The van der Waals surface area contributed by atoms with Gasteiger partial charge in [0.15, 0.2) is 5.60 Å². The number of hydrogen-bond acceptors (Lipinski definition) is 4. The Bertz CT molecular complexity index is 1410. The molecule has 1 saturated heterocycles. The summed E-state index contributed by atoms with van der Waals surface area (Å²) in [6.07, 6.45) is 1.93. The van der Waals surface area contributed by atoms with Gasteiger partial charge < -0.3 is 20.5 Å². The Labute approximate surface area is 218 Å². The van der Waals surface area contributed by atoms with Crippen LogP contribution in [0.2, 0.25) is 5.02 Å². The second-order valence-corrected chi connectivity index (χ2v) is 10.4. The Hall–Kier alpha value is -3.00. The molecule has 0 radical (unpaired) electrons. The summed E-state index contributed by atoms with van der Waals surface area (Å²) in [5.74, 6) is -1.75. The minimum Gasteiger partial charge on any atom is -0.480 e. The highest BCUT2D eigenvalue weighted by Crippen LogP contribution is 2.53. The fourth-order valence-corrected chi connectivity index (χ4v) is 6.57. The highest BCUT2D eigenvalue weighted by atomic mass is 35.5. The molecular weight excluding hydrogens is 498 g/mol. The molecule has 0 aromatic heterocycles.